The lowest BCUT2D eigenvalue weighted by Crippen LogP contribution is -2.45. The van der Waals surface area contributed by atoms with Gasteiger partial charge in [0, 0.05) is 56.9 Å². The maximum absolute atomic E-state index is 14.0. The third kappa shape index (κ3) is 8.35. The maximum atomic E-state index is 14.0. The predicted octanol–water partition coefficient (Wildman–Crippen LogP) is 5.19. The molecule has 13 heteroatoms. The van der Waals surface area contributed by atoms with Crippen LogP contribution < -0.4 is 10.1 Å². The number of ether oxygens (including phenoxy) is 1. The van der Waals surface area contributed by atoms with Crippen molar-refractivity contribution in [3.8, 4) is 16.9 Å². The molecule has 0 aliphatic carbocycles. The molecule has 46 heavy (non-hydrogen) atoms. The van der Waals surface area contributed by atoms with Crippen LogP contribution >= 0.6 is 24.0 Å². The van der Waals surface area contributed by atoms with E-state index in [0.717, 1.165) is 56.6 Å². The Bertz CT molecular complexity index is 1680. The minimum atomic E-state index is -1.07. The summed E-state index contributed by atoms with van der Waals surface area (Å²) in [5.74, 6) is -3.18. The van der Waals surface area contributed by atoms with Crippen molar-refractivity contribution >= 4 is 57.8 Å². The van der Waals surface area contributed by atoms with Gasteiger partial charge in [0.1, 0.15) is 16.7 Å². The van der Waals surface area contributed by atoms with Gasteiger partial charge in [0.25, 0.3) is 5.91 Å². The highest BCUT2D eigenvalue weighted by atomic mass is 32.2. The maximum Gasteiger partial charge on any atom is 0.335 e. The van der Waals surface area contributed by atoms with Crippen LogP contribution in [0.3, 0.4) is 0 Å². The van der Waals surface area contributed by atoms with Gasteiger partial charge in [-0.05, 0) is 72.8 Å². The Morgan fingerprint density at radius 3 is 2.37 bits per heavy atom. The number of benzene rings is 3. The highest BCUT2D eigenvalue weighted by Gasteiger charge is 2.32. The number of nitrogens with one attached hydrogen (secondary N) is 1. The van der Waals surface area contributed by atoms with Crippen molar-refractivity contribution in [1.82, 2.24) is 14.7 Å². The second kappa shape index (κ2) is 14.9. The average Bonchev–Trinajstić information content (AvgIpc) is 3.30. The van der Waals surface area contributed by atoms with E-state index in [0.29, 0.717) is 44.0 Å². The highest BCUT2D eigenvalue weighted by Crippen LogP contribution is 2.36. The third-order valence-corrected chi connectivity index (χ3v) is 9.04. The first-order valence-corrected chi connectivity index (χ1v) is 15.8. The van der Waals surface area contributed by atoms with Gasteiger partial charge in [-0.25, -0.2) is 13.6 Å². The number of likely N-dealkylation sites (N-methyl/N-ethyl adjacent to an activating group) is 1. The number of piperazine rings is 1. The van der Waals surface area contributed by atoms with Gasteiger partial charge < -0.3 is 20.1 Å². The number of halogens is 2. The minimum Gasteiger partial charge on any atom is -0.492 e. The second-order valence-corrected chi connectivity index (χ2v) is 12.6. The van der Waals surface area contributed by atoms with E-state index in [1.165, 1.54) is 35.2 Å². The largest absolute Gasteiger partial charge is 0.492 e. The number of thiocarbonyl (C=S) groups is 1. The lowest BCUT2D eigenvalue weighted by atomic mass is 10.0. The van der Waals surface area contributed by atoms with Gasteiger partial charge in [-0.15, -0.1) is 0 Å². The minimum absolute atomic E-state index is 0.0350. The Balaban J connectivity index is 1.29. The Labute approximate surface area is 274 Å². The van der Waals surface area contributed by atoms with Gasteiger partial charge >= 0.3 is 5.97 Å². The number of rotatable bonds is 11. The number of hydrogen-bond acceptors (Lipinski definition) is 8. The SMILES string of the molecule is CN1CCN(CCOc2ccc(-c3ccc(F)c(F)c3)cc2/C=C2\SC(=S)N(CCC(=O)Nc3ccc(C(=O)O)cc3)C2=O)CC1. The number of amides is 2. The van der Waals surface area contributed by atoms with Crippen LogP contribution in [-0.2, 0) is 9.59 Å². The lowest BCUT2D eigenvalue weighted by molar-refractivity contribution is -0.122. The molecule has 2 N–H and O–H groups in total. The van der Waals surface area contributed by atoms with Gasteiger partial charge in [0.05, 0.1) is 10.5 Å². The number of thioether (sulfide) groups is 1. The highest BCUT2D eigenvalue weighted by molar-refractivity contribution is 8.26. The van der Waals surface area contributed by atoms with Crippen molar-refractivity contribution in [2.24, 2.45) is 0 Å². The number of carbonyl (C=O) groups excluding carboxylic acids is 2. The normalized spacial score (nSPS) is 16.7. The first-order chi connectivity index (χ1) is 22.1. The molecule has 5 rings (SSSR count). The summed E-state index contributed by atoms with van der Waals surface area (Å²) in [6.45, 7) is 5.05. The van der Waals surface area contributed by atoms with E-state index >= 15 is 0 Å². The van der Waals surface area contributed by atoms with Crippen LogP contribution in [0.15, 0.2) is 65.6 Å². The van der Waals surface area contributed by atoms with Crippen LogP contribution in [0.4, 0.5) is 14.5 Å². The first kappa shape index (κ1) is 33.2. The molecular formula is C33H32F2N4O5S2. The molecule has 2 saturated heterocycles. The summed E-state index contributed by atoms with van der Waals surface area (Å²) < 4.78 is 34.1. The van der Waals surface area contributed by atoms with Crippen LogP contribution in [0.25, 0.3) is 17.2 Å². The number of nitrogens with zero attached hydrogens (tertiary/aromatic N) is 3. The molecule has 240 valence electrons. The van der Waals surface area contributed by atoms with Crippen LogP contribution in [0.1, 0.15) is 22.3 Å². The van der Waals surface area contributed by atoms with Crippen LogP contribution in [0.2, 0.25) is 0 Å². The monoisotopic (exact) mass is 666 g/mol. The van der Waals surface area contributed by atoms with Crippen LogP contribution in [0.5, 0.6) is 5.75 Å². The molecular weight excluding hydrogens is 635 g/mol. The summed E-state index contributed by atoms with van der Waals surface area (Å²) in [6.07, 6.45) is 1.63. The summed E-state index contributed by atoms with van der Waals surface area (Å²) in [4.78, 5) is 43.3. The standard InChI is InChI=1S/C33H32F2N4O5S2/c1-37-12-14-38(15-13-37)16-17-44-28-9-5-22(23-4-8-26(34)27(35)19-23)18-24(28)20-29-31(41)39(33(45)46-29)11-10-30(40)36-25-6-2-21(3-7-25)32(42)43/h2-9,18-20H,10-17H2,1H3,(H,36,40)(H,42,43)/b29-20-. The molecule has 3 aromatic rings. The van der Waals surface area contributed by atoms with Crippen molar-refractivity contribution in [1.29, 1.82) is 0 Å². The molecule has 3 aromatic carbocycles. The van der Waals surface area contributed by atoms with Crippen molar-refractivity contribution in [2.75, 3.05) is 58.2 Å². The average molecular weight is 667 g/mol. The summed E-state index contributed by atoms with van der Waals surface area (Å²) in [6, 6.07) is 14.7. The molecule has 0 aromatic heterocycles. The third-order valence-electron chi connectivity index (χ3n) is 7.66. The molecule has 0 radical (unpaired) electrons. The van der Waals surface area contributed by atoms with E-state index in [1.54, 1.807) is 24.3 Å². The second-order valence-electron chi connectivity index (χ2n) is 10.9. The number of carboxylic acids is 1. The lowest BCUT2D eigenvalue weighted by Gasteiger charge is -2.32. The molecule has 2 amide bonds. The van der Waals surface area contributed by atoms with Crippen molar-refractivity contribution < 1.29 is 33.0 Å². The van der Waals surface area contributed by atoms with E-state index < -0.39 is 17.6 Å². The molecule has 2 aliphatic rings. The topological polar surface area (TPSA) is 102 Å². The molecule has 0 unspecified atom stereocenters. The van der Waals surface area contributed by atoms with Gasteiger partial charge in [0.2, 0.25) is 5.91 Å². The first-order valence-electron chi connectivity index (χ1n) is 14.6. The van der Waals surface area contributed by atoms with Gasteiger partial charge in [-0.1, -0.05) is 36.1 Å². The van der Waals surface area contributed by atoms with E-state index in [4.69, 9.17) is 22.1 Å². The molecule has 2 aliphatic heterocycles. The van der Waals surface area contributed by atoms with Crippen LogP contribution in [0, 0.1) is 11.6 Å². The molecule has 2 fully saturated rings. The van der Waals surface area contributed by atoms with Crippen LogP contribution in [-0.4, -0.2) is 94.8 Å². The summed E-state index contributed by atoms with van der Waals surface area (Å²) in [5.41, 5.74) is 2.18. The number of carbonyl (C=O) groups is 3. The van der Waals surface area contributed by atoms with E-state index in [2.05, 4.69) is 22.2 Å². The molecule has 0 spiro atoms. The van der Waals surface area contributed by atoms with E-state index in [9.17, 15) is 23.2 Å². The number of anilines is 1. The fraction of sp³-hybridized carbons (Fsp3) is 0.273. The molecule has 9 nitrogen and oxygen atoms in total. The molecule has 2 heterocycles. The smallest absolute Gasteiger partial charge is 0.335 e. The number of carboxylic acid groups (broad SMARTS) is 1. The Kier molecular flexibility index (Phi) is 10.8. The molecule has 0 saturated carbocycles. The summed E-state index contributed by atoms with van der Waals surface area (Å²) in [7, 11) is 2.09. The zero-order valence-electron chi connectivity index (χ0n) is 25.0. The number of aromatic carboxylic acids is 1. The zero-order valence-corrected chi connectivity index (χ0v) is 26.6. The van der Waals surface area contributed by atoms with Gasteiger partial charge in [-0.2, -0.15) is 0 Å². The number of hydrogen-bond donors (Lipinski definition) is 2. The van der Waals surface area contributed by atoms with Gasteiger partial charge in [0.15, 0.2) is 11.6 Å². The van der Waals surface area contributed by atoms with E-state index in [-0.39, 0.29) is 30.3 Å². The Morgan fingerprint density at radius 1 is 0.978 bits per heavy atom. The van der Waals surface area contributed by atoms with E-state index in [1.807, 2.05) is 0 Å². The van der Waals surface area contributed by atoms with Crippen molar-refractivity contribution in [3.05, 3.63) is 88.3 Å². The quantitative estimate of drug-likeness (QED) is 0.212. The molecule has 0 atom stereocenters. The predicted molar refractivity (Wildman–Crippen MR) is 178 cm³/mol. The fourth-order valence-corrected chi connectivity index (χ4v) is 6.27. The molecule has 0 bridgehead atoms. The van der Waals surface area contributed by atoms with Crippen molar-refractivity contribution in [2.45, 2.75) is 6.42 Å². The summed E-state index contributed by atoms with van der Waals surface area (Å²) >= 11 is 6.57. The Morgan fingerprint density at radius 2 is 1.67 bits per heavy atom. The van der Waals surface area contributed by atoms with Crippen molar-refractivity contribution in [3.63, 3.8) is 0 Å². The van der Waals surface area contributed by atoms with Gasteiger partial charge in [-0.3, -0.25) is 19.4 Å². The Hall–Kier alpha value is -4.17. The zero-order chi connectivity index (χ0) is 32.8. The summed E-state index contributed by atoms with van der Waals surface area (Å²) in [5, 5.41) is 11.7. The fourth-order valence-electron chi connectivity index (χ4n) is 4.97.